The van der Waals surface area contributed by atoms with E-state index in [1.54, 1.807) is 18.3 Å². The Morgan fingerprint density at radius 3 is 2.87 bits per heavy atom. The van der Waals surface area contributed by atoms with Crippen LogP contribution in [0.5, 0.6) is 5.75 Å². The first-order chi connectivity index (χ1) is 11.2. The molecule has 0 fully saturated rings. The topological polar surface area (TPSA) is 95.6 Å². The van der Waals surface area contributed by atoms with Crippen molar-refractivity contribution in [3.05, 3.63) is 74.6 Å². The van der Waals surface area contributed by atoms with Crippen LogP contribution in [0.3, 0.4) is 0 Å². The van der Waals surface area contributed by atoms with Crippen molar-refractivity contribution in [2.75, 3.05) is 5.32 Å². The Kier molecular flexibility index (Phi) is 4.40. The molecule has 23 heavy (non-hydrogen) atoms. The molecule has 0 saturated heterocycles. The zero-order valence-electron chi connectivity index (χ0n) is 12.0. The van der Waals surface area contributed by atoms with E-state index in [-0.39, 0.29) is 11.5 Å². The van der Waals surface area contributed by atoms with Gasteiger partial charge < -0.3 is 19.9 Å². The molecule has 3 rings (SSSR count). The fourth-order valence-electron chi connectivity index (χ4n) is 2.16. The number of hydrogen-bond donors (Lipinski definition) is 3. The van der Waals surface area contributed by atoms with Crippen LogP contribution < -0.4 is 10.7 Å². The molecule has 0 spiro atoms. The summed E-state index contributed by atoms with van der Waals surface area (Å²) >= 11 is 1.48. The number of thiophene rings is 1. The number of aliphatic hydroxyl groups excluding tert-OH is 1. The molecule has 3 heterocycles. The largest absolute Gasteiger partial charge is 0.502 e. The van der Waals surface area contributed by atoms with Gasteiger partial charge in [0.2, 0.25) is 11.2 Å². The molecular formula is C16H14N2O4S. The van der Waals surface area contributed by atoms with Gasteiger partial charge in [0, 0.05) is 12.3 Å². The van der Waals surface area contributed by atoms with Crippen molar-refractivity contribution in [2.24, 2.45) is 0 Å². The minimum Gasteiger partial charge on any atom is -0.502 e. The van der Waals surface area contributed by atoms with Gasteiger partial charge in [-0.05, 0) is 34.5 Å². The molecule has 118 valence electrons. The molecule has 0 bridgehead atoms. The highest BCUT2D eigenvalue weighted by Crippen LogP contribution is 2.32. The Hall–Kier alpha value is -2.64. The lowest BCUT2D eigenvalue weighted by molar-refractivity contribution is 0.234. The van der Waals surface area contributed by atoms with E-state index in [1.165, 1.54) is 11.3 Å². The molecule has 0 saturated carbocycles. The van der Waals surface area contributed by atoms with E-state index in [0.717, 1.165) is 11.6 Å². The van der Waals surface area contributed by atoms with Crippen molar-refractivity contribution in [2.45, 2.75) is 12.6 Å². The molecule has 0 aliphatic carbocycles. The Morgan fingerprint density at radius 1 is 1.35 bits per heavy atom. The summed E-state index contributed by atoms with van der Waals surface area (Å²) in [6.45, 7) is -0.428. The van der Waals surface area contributed by atoms with Gasteiger partial charge in [0.05, 0.1) is 0 Å². The number of aromatic hydroxyl groups is 1. The third-order valence-electron chi connectivity index (χ3n) is 3.25. The molecule has 3 aromatic heterocycles. The number of anilines is 1. The fourth-order valence-corrected chi connectivity index (χ4v) is 2.85. The summed E-state index contributed by atoms with van der Waals surface area (Å²) < 4.78 is 5.51. The molecule has 7 heteroatoms. The SMILES string of the molecule is O=c1cc(CO)oc([C@H](Nc2ccccn2)c2ccsc2)c1O. The summed E-state index contributed by atoms with van der Waals surface area (Å²) in [6.07, 6.45) is 1.63. The van der Waals surface area contributed by atoms with Crippen molar-refractivity contribution in [1.82, 2.24) is 4.98 Å². The van der Waals surface area contributed by atoms with Crippen molar-refractivity contribution in [1.29, 1.82) is 0 Å². The quantitative estimate of drug-likeness (QED) is 0.665. The molecule has 0 aliphatic heterocycles. The third-order valence-corrected chi connectivity index (χ3v) is 3.95. The van der Waals surface area contributed by atoms with E-state index >= 15 is 0 Å². The van der Waals surface area contributed by atoms with Gasteiger partial charge in [-0.15, -0.1) is 0 Å². The van der Waals surface area contributed by atoms with Crippen LogP contribution >= 0.6 is 11.3 Å². The van der Waals surface area contributed by atoms with Gasteiger partial charge >= 0.3 is 0 Å². The molecule has 3 N–H and O–H groups in total. The predicted octanol–water partition coefficient (Wildman–Crippen LogP) is 2.50. The van der Waals surface area contributed by atoms with E-state index in [0.29, 0.717) is 5.82 Å². The number of rotatable bonds is 5. The first kappa shape index (κ1) is 15.3. The molecule has 1 atom stereocenters. The second kappa shape index (κ2) is 6.64. The summed E-state index contributed by atoms with van der Waals surface area (Å²) in [5, 5.41) is 26.3. The first-order valence-electron chi connectivity index (χ1n) is 6.85. The highest BCUT2D eigenvalue weighted by molar-refractivity contribution is 7.08. The molecule has 0 unspecified atom stereocenters. The number of hydrogen-bond acceptors (Lipinski definition) is 7. The van der Waals surface area contributed by atoms with Gasteiger partial charge in [0.1, 0.15) is 24.2 Å². The van der Waals surface area contributed by atoms with Crippen LogP contribution in [0.1, 0.15) is 23.1 Å². The van der Waals surface area contributed by atoms with Crippen molar-refractivity contribution >= 4 is 17.2 Å². The van der Waals surface area contributed by atoms with Crippen LogP contribution in [-0.2, 0) is 6.61 Å². The van der Waals surface area contributed by atoms with Gasteiger partial charge in [-0.1, -0.05) is 6.07 Å². The Bertz CT molecular complexity index is 831. The van der Waals surface area contributed by atoms with Crippen LogP contribution in [0.4, 0.5) is 5.82 Å². The Balaban J connectivity index is 2.09. The summed E-state index contributed by atoms with van der Waals surface area (Å²) in [6, 6.07) is 7.70. The lowest BCUT2D eigenvalue weighted by Crippen LogP contribution is -2.16. The zero-order valence-corrected chi connectivity index (χ0v) is 12.8. The van der Waals surface area contributed by atoms with Gasteiger partial charge in [0.25, 0.3) is 0 Å². The molecule has 3 aromatic rings. The standard InChI is InChI=1S/C16H14N2O4S/c19-8-11-7-12(20)15(21)16(22-11)14(10-4-6-23-9-10)18-13-3-1-2-5-17-13/h1-7,9,14,19,21H,8H2,(H,17,18)/t14-/m1/s1. The molecular weight excluding hydrogens is 316 g/mol. The molecule has 0 aromatic carbocycles. The van der Waals surface area contributed by atoms with Crippen molar-refractivity contribution in [3.8, 4) is 5.75 Å². The van der Waals surface area contributed by atoms with Crippen LogP contribution in [0, 0.1) is 0 Å². The van der Waals surface area contributed by atoms with Gasteiger partial charge in [-0.25, -0.2) is 4.98 Å². The minimum atomic E-state index is -0.602. The number of aromatic nitrogens is 1. The first-order valence-corrected chi connectivity index (χ1v) is 7.79. The molecule has 0 amide bonds. The summed E-state index contributed by atoms with van der Waals surface area (Å²) in [7, 11) is 0. The third kappa shape index (κ3) is 3.25. The van der Waals surface area contributed by atoms with E-state index in [4.69, 9.17) is 4.42 Å². The van der Waals surface area contributed by atoms with Crippen LogP contribution in [-0.4, -0.2) is 15.2 Å². The second-order valence-corrected chi connectivity index (χ2v) is 5.58. The summed E-state index contributed by atoms with van der Waals surface area (Å²) in [5.41, 5.74) is 0.215. The van der Waals surface area contributed by atoms with Crippen LogP contribution in [0.25, 0.3) is 0 Å². The average Bonchev–Trinajstić information content (AvgIpc) is 3.10. The fraction of sp³-hybridized carbons (Fsp3) is 0.125. The maximum Gasteiger partial charge on any atom is 0.227 e. The normalized spacial score (nSPS) is 12.0. The van der Waals surface area contributed by atoms with E-state index < -0.39 is 23.8 Å². The van der Waals surface area contributed by atoms with Gasteiger partial charge in [-0.3, -0.25) is 4.79 Å². The lowest BCUT2D eigenvalue weighted by atomic mass is 10.1. The number of aliphatic hydroxyl groups is 1. The molecule has 0 radical (unpaired) electrons. The Labute approximate surface area is 135 Å². The summed E-state index contributed by atoms with van der Waals surface area (Å²) in [5.74, 6) is 0.221. The molecule has 0 aliphatic rings. The average molecular weight is 330 g/mol. The molecule has 6 nitrogen and oxygen atoms in total. The van der Waals surface area contributed by atoms with Crippen LogP contribution in [0.15, 0.2) is 56.5 Å². The van der Waals surface area contributed by atoms with Gasteiger partial charge in [0.15, 0.2) is 5.76 Å². The highest BCUT2D eigenvalue weighted by atomic mass is 32.1. The van der Waals surface area contributed by atoms with E-state index in [2.05, 4.69) is 10.3 Å². The monoisotopic (exact) mass is 330 g/mol. The zero-order chi connectivity index (χ0) is 16.2. The predicted molar refractivity (Wildman–Crippen MR) is 86.6 cm³/mol. The smallest absolute Gasteiger partial charge is 0.227 e. The second-order valence-electron chi connectivity index (χ2n) is 4.80. The number of nitrogens with zero attached hydrogens (tertiary/aromatic N) is 1. The Morgan fingerprint density at radius 2 is 2.22 bits per heavy atom. The van der Waals surface area contributed by atoms with Crippen molar-refractivity contribution < 1.29 is 14.6 Å². The van der Waals surface area contributed by atoms with Crippen molar-refractivity contribution in [3.63, 3.8) is 0 Å². The van der Waals surface area contributed by atoms with Crippen LogP contribution in [0.2, 0.25) is 0 Å². The van der Waals surface area contributed by atoms with Gasteiger partial charge in [-0.2, -0.15) is 11.3 Å². The maximum atomic E-state index is 11.9. The summed E-state index contributed by atoms with van der Waals surface area (Å²) in [4.78, 5) is 16.1. The van der Waals surface area contributed by atoms with E-state index in [9.17, 15) is 15.0 Å². The number of nitrogens with one attached hydrogen (secondary N) is 1. The minimum absolute atomic E-state index is 0.0469. The maximum absolute atomic E-state index is 11.9. The lowest BCUT2D eigenvalue weighted by Gasteiger charge is -2.19. The van der Waals surface area contributed by atoms with E-state index in [1.807, 2.05) is 22.9 Å². The highest BCUT2D eigenvalue weighted by Gasteiger charge is 2.24. The number of pyridine rings is 1.